The Morgan fingerprint density at radius 1 is 1.62 bits per heavy atom. The first-order chi connectivity index (χ1) is 6.27. The lowest BCUT2D eigenvalue weighted by molar-refractivity contribution is -0.115. The molecule has 0 radical (unpaired) electrons. The minimum atomic E-state index is 0.0619. The molecule has 1 amide bonds. The smallest absolute Gasteiger partial charge is 0.237 e. The van der Waals surface area contributed by atoms with E-state index >= 15 is 0 Å². The molecule has 0 saturated heterocycles. The van der Waals surface area contributed by atoms with Crippen molar-refractivity contribution in [3.8, 4) is 0 Å². The molecule has 0 fully saturated rings. The van der Waals surface area contributed by atoms with E-state index in [1.807, 2.05) is 12.1 Å². The van der Waals surface area contributed by atoms with Crippen LogP contribution in [0.5, 0.6) is 0 Å². The lowest BCUT2D eigenvalue weighted by Gasteiger charge is -2.04. The third-order valence-electron chi connectivity index (χ3n) is 2.07. The average molecular weight is 288 g/mol. The van der Waals surface area contributed by atoms with Gasteiger partial charge in [0.05, 0.1) is 15.3 Å². The lowest BCUT2D eigenvalue weighted by Crippen LogP contribution is -2.20. The number of fused-ring (bicyclic) bond motifs is 1. The Hall–Kier alpha value is -0.650. The number of amides is 1. The molecule has 2 heterocycles. The summed E-state index contributed by atoms with van der Waals surface area (Å²) in [5.41, 5.74) is 1.86. The molecule has 1 N–H and O–H groups in total. The van der Waals surface area contributed by atoms with E-state index in [0.717, 1.165) is 24.2 Å². The van der Waals surface area contributed by atoms with Gasteiger partial charge in [0, 0.05) is 6.20 Å². The van der Waals surface area contributed by atoms with Gasteiger partial charge in [0.15, 0.2) is 0 Å². The highest BCUT2D eigenvalue weighted by Gasteiger charge is 2.20. The van der Waals surface area contributed by atoms with Crippen LogP contribution >= 0.6 is 22.6 Å². The Morgan fingerprint density at radius 2 is 2.46 bits per heavy atom. The molecule has 1 aliphatic heterocycles. The van der Waals surface area contributed by atoms with Crippen LogP contribution in [-0.2, 0) is 11.2 Å². The summed E-state index contributed by atoms with van der Waals surface area (Å²) in [6, 6.07) is 3.74. The van der Waals surface area contributed by atoms with Crippen LogP contribution in [0.15, 0.2) is 18.3 Å². The van der Waals surface area contributed by atoms with Crippen molar-refractivity contribution >= 4 is 34.2 Å². The van der Waals surface area contributed by atoms with Gasteiger partial charge in [0.25, 0.3) is 0 Å². The van der Waals surface area contributed by atoms with Gasteiger partial charge in [-0.05, 0) is 25.0 Å². The highest BCUT2D eigenvalue weighted by molar-refractivity contribution is 14.1. The molecule has 2 rings (SSSR count). The molecule has 13 heavy (non-hydrogen) atoms. The average Bonchev–Trinajstić information content (AvgIpc) is 2.28. The van der Waals surface area contributed by atoms with Crippen molar-refractivity contribution in [2.24, 2.45) is 0 Å². The minimum Gasteiger partial charge on any atom is -0.324 e. The molecule has 1 unspecified atom stereocenters. The van der Waals surface area contributed by atoms with Crippen molar-refractivity contribution in [2.75, 3.05) is 5.32 Å². The summed E-state index contributed by atoms with van der Waals surface area (Å²) < 4.78 is 0.0619. The number of carbonyl (C=O) groups excluding carboxylic acids is 1. The SMILES string of the molecule is O=C1Nc2cccnc2CCC1I. The van der Waals surface area contributed by atoms with Crippen molar-refractivity contribution in [3.63, 3.8) is 0 Å². The Kier molecular flexibility index (Phi) is 2.48. The number of rotatable bonds is 0. The van der Waals surface area contributed by atoms with Crippen LogP contribution in [-0.4, -0.2) is 14.8 Å². The molecular formula is C9H9IN2O. The number of nitrogens with one attached hydrogen (secondary N) is 1. The number of alkyl halides is 1. The highest BCUT2D eigenvalue weighted by atomic mass is 127. The Morgan fingerprint density at radius 3 is 3.31 bits per heavy atom. The van der Waals surface area contributed by atoms with Gasteiger partial charge in [0.2, 0.25) is 5.91 Å². The van der Waals surface area contributed by atoms with E-state index in [9.17, 15) is 4.79 Å². The van der Waals surface area contributed by atoms with Crippen LogP contribution in [0.2, 0.25) is 0 Å². The molecule has 0 spiro atoms. The predicted octanol–water partition coefficient (Wildman–Crippen LogP) is 1.77. The van der Waals surface area contributed by atoms with Crippen LogP contribution in [0.4, 0.5) is 5.69 Å². The van der Waals surface area contributed by atoms with Crippen LogP contribution in [0.25, 0.3) is 0 Å². The standard InChI is InChI=1S/C9H9IN2O/c10-6-3-4-7-8(12-9(6)13)2-1-5-11-7/h1-2,5-6H,3-4H2,(H,12,13). The number of halogens is 1. The fourth-order valence-corrected chi connectivity index (χ4v) is 1.82. The molecule has 0 bridgehead atoms. The van der Waals surface area contributed by atoms with Gasteiger partial charge < -0.3 is 5.32 Å². The fraction of sp³-hybridized carbons (Fsp3) is 0.333. The Bertz CT molecular complexity index is 340. The summed E-state index contributed by atoms with van der Waals surface area (Å²) in [5.74, 6) is 0.0901. The molecule has 1 aromatic heterocycles. The molecule has 1 atom stereocenters. The van der Waals surface area contributed by atoms with E-state index < -0.39 is 0 Å². The molecule has 0 aromatic carbocycles. The summed E-state index contributed by atoms with van der Waals surface area (Å²) >= 11 is 2.17. The van der Waals surface area contributed by atoms with Gasteiger partial charge in [-0.1, -0.05) is 22.6 Å². The molecule has 0 aliphatic carbocycles. The third-order valence-corrected chi connectivity index (χ3v) is 3.26. The zero-order valence-electron chi connectivity index (χ0n) is 6.96. The first kappa shape index (κ1) is 8.93. The van der Waals surface area contributed by atoms with Crippen LogP contribution in [0, 0.1) is 0 Å². The van der Waals surface area contributed by atoms with E-state index in [4.69, 9.17) is 0 Å². The second kappa shape index (κ2) is 3.61. The quantitative estimate of drug-likeness (QED) is 0.584. The molecule has 1 aliphatic rings. The second-order valence-corrected chi connectivity index (χ2v) is 4.50. The number of nitrogens with zero attached hydrogens (tertiary/aromatic N) is 1. The summed E-state index contributed by atoms with van der Waals surface area (Å²) in [6.07, 6.45) is 3.51. The van der Waals surface area contributed by atoms with Crippen molar-refractivity contribution in [3.05, 3.63) is 24.0 Å². The summed E-state index contributed by atoms with van der Waals surface area (Å²) in [4.78, 5) is 15.7. The maximum Gasteiger partial charge on any atom is 0.237 e. The first-order valence-electron chi connectivity index (χ1n) is 4.16. The molecule has 4 heteroatoms. The normalized spacial score (nSPS) is 21.6. The number of carbonyl (C=O) groups is 1. The van der Waals surface area contributed by atoms with Crippen molar-refractivity contribution in [1.82, 2.24) is 4.98 Å². The summed E-state index contributed by atoms with van der Waals surface area (Å²) in [7, 11) is 0. The van der Waals surface area contributed by atoms with E-state index in [1.165, 1.54) is 0 Å². The Balaban J connectivity index is 2.35. The molecular weight excluding hydrogens is 279 g/mol. The molecule has 1 aromatic rings. The van der Waals surface area contributed by atoms with Crippen molar-refractivity contribution in [2.45, 2.75) is 16.8 Å². The zero-order valence-corrected chi connectivity index (χ0v) is 9.11. The number of hydrogen-bond acceptors (Lipinski definition) is 2. The van der Waals surface area contributed by atoms with Crippen molar-refractivity contribution < 1.29 is 4.79 Å². The maximum atomic E-state index is 11.4. The van der Waals surface area contributed by atoms with Gasteiger partial charge in [-0.15, -0.1) is 0 Å². The number of aryl methyl sites for hydroxylation is 1. The summed E-state index contributed by atoms with van der Waals surface area (Å²) in [6.45, 7) is 0. The van der Waals surface area contributed by atoms with E-state index in [2.05, 4.69) is 32.9 Å². The van der Waals surface area contributed by atoms with Crippen molar-refractivity contribution in [1.29, 1.82) is 0 Å². The number of pyridine rings is 1. The van der Waals surface area contributed by atoms with E-state index in [0.29, 0.717) is 0 Å². The number of anilines is 1. The van der Waals surface area contributed by atoms with E-state index in [-0.39, 0.29) is 9.83 Å². The highest BCUT2D eigenvalue weighted by Crippen LogP contribution is 2.22. The number of hydrogen-bond donors (Lipinski definition) is 1. The van der Waals surface area contributed by atoms with Crippen LogP contribution < -0.4 is 5.32 Å². The fourth-order valence-electron chi connectivity index (χ4n) is 1.36. The zero-order chi connectivity index (χ0) is 9.26. The van der Waals surface area contributed by atoms with Gasteiger partial charge in [-0.3, -0.25) is 9.78 Å². The first-order valence-corrected chi connectivity index (χ1v) is 5.41. The van der Waals surface area contributed by atoms with Crippen LogP contribution in [0.3, 0.4) is 0 Å². The minimum absolute atomic E-state index is 0.0619. The second-order valence-electron chi connectivity index (χ2n) is 2.99. The van der Waals surface area contributed by atoms with Gasteiger partial charge in [0.1, 0.15) is 0 Å². The van der Waals surface area contributed by atoms with Gasteiger partial charge in [-0.2, -0.15) is 0 Å². The number of aromatic nitrogens is 1. The monoisotopic (exact) mass is 288 g/mol. The Labute approximate surface area is 90.1 Å². The van der Waals surface area contributed by atoms with Gasteiger partial charge >= 0.3 is 0 Å². The largest absolute Gasteiger partial charge is 0.324 e. The maximum absolute atomic E-state index is 11.4. The lowest BCUT2D eigenvalue weighted by atomic mass is 10.2. The molecule has 68 valence electrons. The third kappa shape index (κ3) is 1.82. The van der Waals surface area contributed by atoms with Gasteiger partial charge in [-0.25, -0.2) is 0 Å². The molecule has 3 nitrogen and oxygen atoms in total. The molecule has 0 saturated carbocycles. The van der Waals surface area contributed by atoms with Crippen LogP contribution in [0.1, 0.15) is 12.1 Å². The predicted molar refractivity (Wildman–Crippen MR) is 59.0 cm³/mol. The topological polar surface area (TPSA) is 42.0 Å². The van der Waals surface area contributed by atoms with E-state index in [1.54, 1.807) is 6.20 Å². The summed E-state index contributed by atoms with van der Waals surface area (Å²) in [5, 5.41) is 2.86.